The first kappa shape index (κ1) is 22.1. The first-order valence-corrected chi connectivity index (χ1v) is 11.2. The molecule has 35 heavy (non-hydrogen) atoms. The van der Waals surface area contributed by atoms with Gasteiger partial charge in [0.1, 0.15) is 18.1 Å². The van der Waals surface area contributed by atoms with Crippen molar-refractivity contribution in [3.8, 4) is 23.1 Å². The Morgan fingerprint density at radius 2 is 1.63 bits per heavy atom. The number of ether oxygens (including phenoxy) is 2. The zero-order chi connectivity index (χ0) is 24.0. The van der Waals surface area contributed by atoms with Crippen molar-refractivity contribution >= 4 is 11.0 Å². The van der Waals surface area contributed by atoms with Gasteiger partial charge in [-0.15, -0.1) is 0 Å². The molecule has 2 heterocycles. The smallest absolute Gasteiger partial charge is 0.245 e. The number of hydrogen-bond donors (Lipinski definition) is 1. The van der Waals surface area contributed by atoms with Gasteiger partial charge < -0.3 is 19.0 Å². The summed E-state index contributed by atoms with van der Waals surface area (Å²) in [6.07, 6.45) is 0.740. The lowest BCUT2D eigenvalue weighted by atomic mass is 10.2. The summed E-state index contributed by atoms with van der Waals surface area (Å²) in [5.74, 6) is 2.45. The van der Waals surface area contributed by atoms with Gasteiger partial charge in [-0.1, -0.05) is 48.5 Å². The van der Waals surface area contributed by atoms with Gasteiger partial charge in [0.25, 0.3) is 0 Å². The first-order chi connectivity index (χ1) is 17.2. The lowest BCUT2D eigenvalue weighted by molar-refractivity contribution is -0.490. The molecule has 0 aliphatic heterocycles. The van der Waals surface area contributed by atoms with Gasteiger partial charge in [-0.25, -0.2) is 9.97 Å². The molecule has 176 valence electrons. The fourth-order valence-electron chi connectivity index (χ4n) is 3.86. The van der Waals surface area contributed by atoms with Crippen molar-refractivity contribution in [1.29, 1.82) is 0 Å². The molecule has 9 nitrogen and oxygen atoms in total. The Morgan fingerprint density at radius 3 is 2.37 bits per heavy atom. The van der Waals surface area contributed by atoms with Crippen LogP contribution in [0.25, 0.3) is 22.7 Å². The van der Waals surface area contributed by atoms with Crippen LogP contribution in [-0.4, -0.2) is 37.6 Å². The number of nitrogens with one attached hydrogen (secondary N) is 1. The molecule has 2 aromatic heterocycles. The van der Waals surface area contributed by atoms with Gasteiger partial charge in [0.05, 0.1) is 29.5 Å². The predicted octanol–water partition coefficient (Wildman–Crippen LogP) is 4.90. The van der Waals surface area contributed by atoms with Crippen LogP contribution in [0.4, 0.5) is 0 Å². The molecule has 3 aromatic carbocycles. The predicted molar refractivity (Wildman–Crippen MR) is 131 cm³/mol. The Bertz CT molecular complexity index is 1420. The van der Waals surface area contributed by atoms with Crippen LogP contribution in [0.5, 0.6) is 11.5 Å². The normalized spacial score (nSPS) is 11.9. The number of rotatable bonds is 10. The zero-order valence-corrected chi connectivity index (χ0v) is 18.8. The number of imidazole rings is 2. The number of fused-ring (bicyclic) bond motifs is 1. The highest BCUT2D eigenvalue weighted by Gasteiger charge is 2.24. The van der Waals surface area contributed by atoms with Crippen molar-refractivity contribution in [2.75, 3.05) is 13.2 Å². The highest BCUT2D eigenvalue weighted by molar-refractivity contribution is 5.79. The van der Waals surface area contributed by atoms with Crippen LogP contribution in [0.2, 0.25) is 0 Å². The molecule has 0 aliphatic carbocycles. The summed E-state index contributed by atoms with van der Waals surface area (Å²) >= 11 is 0. The number of aromatic amines is 1. The van der Waals surface area contributed by atoms with Gasteiger partial charge in [-0.05, 0) is 36.4 Å². The highest BCUT2D eigenvalue weighted by Crippen LogP contribution is 2.26. The van der Waals surface area contributed by atoms with Gasteiger partial charge >= 0.3 is 0 Å². The maximum atomic E-state index is 11.3. The van der Waals surface area contributed by atoms with E-state index >= 15 is 0 Å². The molecule has 1 N–H and O–H groups in total. The third kappa shape index (κ3) is 5.14. The van der Waals surface area contributed by atoms with E-state index in [4.69, 9.17) is 14.5 Å². The Labute approximate surface area is 201 Å². The summed E-state index contributed by atoms with van der Waals surface area (Å²) in [4.78, 5) is 23.4. The molecule has 5 aromatic rings. The number of nitro groups is 1. The number of nitrogens with zero attached hydrogens (tertiary/aromatic N) is 4. The first-order valence-electron chi connectivity index (χ1n) is 11.2. The number of H-pyrrole nitrogens is 1. The van der Waals surface area contributed by atoms with E-state index in [9.17, 15) is 10.1 Å². The van der Waals surface area contributed by atoms with Crippen LogP contribution in [0.3, 0.4) is 0 Å². The van der Waals surface area contributed by atoms with Crippen molar-refractivity contribution in [3.63, 3.8) is 0 Å². The van der Waals surface area contributed by atoms with E-state index in [0.717, 1.165) is 16.8 Å². The van der Waals surface area contributed by atoms with E-state index in [1.54, 1.807) is 18.3 Å². The molecule has 9 heteroatoms. The molecule has 0 aliphatic rings. The van der Waals surface area contributed by atoms with E-state index < -0.39 is 17.6 Å². The number of para-hydroxylation sites is 4. The summed E-state index contributed by atoms with van der Waals surface area (Å²) < 4.78 is 13.8. The Kier molecular flexibility index (Phi) is 6.38. The number of hydrogen-bond acceptors (Lipinski definition) is 6. The Morgan fingerprint density at radius 1 is 0.943 bits per heavy atom. The zero-order valence-electron chi connectivity index (χ0n) is 18.8. The number of benzene rings is 3. The summed E-state index contributed by atoms with van der Waals surface area (Å²) in [7, 11) is 0. The Hall–Kier alpha value is -4.66. The maximum Gasteiger partial charge on any atom is 0.245 e. The second-order valence-electron chi connectivity index (χ2n) is 7.86. The molecular formula is C26H23N5O4. The van der Waals surface area contributed by atoms with Crippen LogP contribution in [0.15, 0.2) is 91.1 Å². The van der Waals surface area contributed by atoms with Crippen molar-refractivity contribution < 1.29 is 14.4 Å². The third-order valence-electron chi connectivity index (χ3n) is 5.47. The van der Waals surface area contributed by atoms with Crippen LogP contribution in [-0.2, 0) is 6.54 Å². The largest absolute Gasteiger partial charge is 0.492 e. The fraction of sp³-hybridized carbons (Fsp3) is 0.154. The van der Waals surface area contributed by atoms with Crippen LogP contribution in [0.1, 0.15) is 11.8 Å². The fourth-order valence-corrected chi connectivity index (χ4v) is 3.86. The molecule has 0 saturated carbocycles. The molecule has 1 atom stereocenters. The van der Waals surface area contributed by atoms with Gasteiger partial charge in [-0.3, -0.25) is 10.1 Å². The van der Waals surface area contributed by atoms with E-state index in [1.807, 2.05) is 77.4 Å². The second kappa shape index (κ2) is 10.1. The van der Waals surface area contributed by atoms with Crippen molar-refractivity contribution in [2.45, 2.75) is 12.6 Å². The summed E-state index contributed by atoms with van der Waals surface area (Å²) in [5.41, 5.74) is 2.27. The quantitative estimate of drug-likeness (QED) is 0.230. The van der Waals surface area contributed by atoms with Crippen LogP contribution < -0.4 is 9.47 Å². The lowest BCUT2D eigenvalue weighted by Gasteiger charge is -2.14. The molecule has 1 unspecified atom stereocenters. The van der Waals surface area contributed by atoms with Gasteiger partial charge in [-0.2, -0.15) is 0 Å². The van der Waals surface area contributed by atoms with E-state index in [2.05, 4.69) is 9.97 Å². The minimum atomic E-state index is -0.826. The molecule has 0 saturated heterocycles. The van der Waals surface area contributed by atoms with Crippen molar-refractivity contribution in [3.05, 3.63) is 107 Å². The second-order valence-corrected chi connectivity index (χ2v) is 7.86. The molecule has 0 spiro atoms. The molecular weight excluding hydrogens is 446 g/mol. The van der Waals surface area contributed by atoms with Crippen LogP contribution in [0, 0.1) is 10.1 Å². The summed E-state index contributed by atoms with van der Waals surface area (Å²) in [6, 6.07) is 26.4. The molecule has 0 fully saturated rings. The monoisotopic (exact) mass is 469 g/mol. The standard InChI is InChI=1S/C26H23N5O4/c32-31(33)18-24(35-20-11-5-2-6-12-20)22-17-27-25(28-22)26-29-21-13-7-8-14-23(21)30(26)15-16-34-19-9-3-1-4-10-19/h1-14,17,24H,15-16,18H2,(H,27,28). The highest BCUT2D eigenvalue weighted by atomic mass is 16.6. The van der Waals surface area contributed by atoms with E-state index in [-0.39, 0.29) is 0 Å². The molecule has 0 bridgehead atoms. The minimum absolute atomic E-state index is 0.399. The van der Waals surface area contributed by atoms with Gasteiger partial charge in [0.2, 0.25) is 12.6 Å². The Balaban J connectivity index is 1.43. The molecule has 0 radical (unpaired) electrons. The summed E-state index contributed by atoms with van der Waals surface area (Å²) in [6.45, 7) is 0.573. The maximum absolute atomic E-state index is 11.3. The van der Waals surface area contributed by atoms with Crippen molar-refractivity contribution in [1.82, 2.24) is 19.5 Å². The third-order valence-corrected chi connectivity index (χ3v) is 5.47. The van der Waals surface area contributed by atoms with Gasteiger partial charge in [0, 0.05) is 4.92 Å². The molecule has 5 rings (SSSR count). The average molecular weight is 470 g/mol. The average Bonchev–Trinajstić information content (AvgIpc) is 3.50. The molecule has 0 amide bonds. The van der Waals surface area contributed by atoms with Crippen molar-refractivity contribution in [2.24, 2.45) is 0 Å². The topological polar surface area (TPSA) is 108 Å². The summed E-state index contributed by atoms with van der Waals surface area (Å²) in [5, 5.41) is 11.3. The SMILES string of the molecule is O=[N+]([O-])CC(Oc1ccccc1)c1cnc(-c2nc3ccccc3n2CCOc2ccccc2)[nH]1. The minimum Gasteiger partial charge on any atom is -0.492 e. The number of aromatic nitrogens is 4. The van der Waals surface area contributed by atoms with Crippen LogP contribution >= 0.6 is 0 Å². The van der Waals surface area contributed by atoms with E-state index in [1.165, 1.54) is 0 Å². The van der Waals surface area contributed by atoms with E-state index in [0.29, 0.717) is 36.2 Å². The lowest BCUT2D eigenvalue weighted by Crippen LogP contribution is -2.18. The van der Waals surface area contributed by atoms with Gasteiger partial charge in [0.15, 0.2) is 11.6 Å².